The molecule has 54 heavy (non-hydrogen) atoms. The largest absolute Gasteiger partial charge is 0.463 e. The highest BCUT2D eigenvalue weighted by molar-refractivity contribution is 6.21. The summed E-state index contributed by atoms with van der Waals surface area (Å²) in [4.78, 5) is 115. The van der Waals surface area contributed by atoms with Gasteiger partial charge in [0.25, 0.3) is 11.8 Å². The standard InChI is InChI=1S/C34H39NO19/c1-14(36)46-12-23-26(48-16(3)38)27(49-17(4)39)28(50-18(5)40)30(53-23)34(45)24(13-47-15(2)37)54-33(52-20(7)42)25(29(34)51-19(6)41)35-31(43)21-10-8-9-11-22(21)32(35)44/h8-11,23-30,33,45H,12-13H2,1-7H3/t23-,24-,25+,26+,27+,28-,29-,30-,33+,34-/m1/s1. The SMILES string of the molecule is CC(=O)OC[C@H]1O[C@@H]([C@]2(O)[C@H](OC(C)=O)[C@H](N3C(=O)c4ccccc4C3=O)[C@@H](OC(C)=O)O[C@@H]2COC(C)=O)[C@H](OC(C)=O)[C@@H](OC(C)=O)[C@H]1OC(C)=O. The van der Waals surface area contributed by atoms with E-state index in [0.717, 1.165) is 48.5 Å². The summed E-state index contributed by atoms with van der Waals surface area (Å²) in [7, 11) is 0. The molecule has 1 aromatic carbocycles. The molecular formula is C34H39NO19. The number of benzene rings is 1. The van der Waals surface area contributed by atoms with E-state index in [2.05, 4.69) is 0 Å². The number of ether oxygens (including phenoxy) is 9. The van der Waals surface area contributed by atoms with Crippen molar-refractivity contribution in [3.8, 4) is 0 Å². The summed E-state index contributed by atoms with van der Waals surface area (Å²) in [6.45, 7) is 5.03. The molecule has 0 radical (unpaired) electrons. The summed E-state index contributed by atoms with van der Waals surface area (Å²) in [5.74, 6) is -9.05. The quantitative estimate of drug-likeness (QED) is 0.166. The third-order valence-electron chi connectivity index (χ3n) is 8.44. The van der Waals surface area contributed by atoms with Crippen LogP contribution in [0.15, 0.2) is 24.3 Å². The second kappa shape index (κ2) is 16.7. The normalized spacial score (nSPS) is 30.3. The van der Waals surface area contributed by atoms with E-state index >= 15 is 0 Å². The number of amides is 2. The van der Waals surface area contributed by atoms with E-state index in [4.69, 9.17) is 42.6 Å². The summed E-state index contributed by atoms with van der Waals surface area (Å²) in [5.41, 5.74) is -3.32. The Hall–Kier alpha value is -5.47. The molecule has 4 rings (SSSR count). The highest BCUT2D eigenvalue weighted by atomic mass is 16.7. The second-order valence-corrected chi connectivity index (χ2v) is 12.5. The van der Waals surface area contributed by atoms with Gasteiger partial charge in [0.2, 0.25) is 6.29 Å². The molecule has 0 bridgehead atoms. The van der Waals surface area contributed by atoms with Gasteiger partial charge in [-0.15, -0.1) is 0 Å². The molecule has 1 aromatic rings. The lowest BCUT2D eigenvalue weighted by Gasteiger charge is -2.57. The molecule has 3 heterocycles. The van der Waals surface area contributed by atoms with Crippen molar-refractivity contribution < 1.29 is 90.9 Å². The second-order valence-electron chi connectivity index (χ2n) is 12.5. The molecule has 2 saturated heterocycles. The number of imide groups is 1. The number of fused-ring (bicyclic) bond motifs is 1. The van der Waals surface area contributed by atoms with Crippen LogP contribution >= 0.6 is 0 Å². The average Bonchev–Trinajstić information content (AvgIpc) is 3.30. The molecule has 0 spiro atoms. The van der Waals surface area contributed by atoms with E-state index in [1.54, 1.807) is 0 Å². The van der Waals surface area contributed by atoms with Gasteiger partial charge >= 0.3 is 41.8 Å². The van der Waals surface area contributed by atoms with Crippen LogP contribution in [0.25, 0.3) is 0 Å². The minimum atomic E-state index is -3.08. The van der Waals surface area contributed by atoms with Crippen LogP contribution in [0, 0.1) is 0 Å². The number of hydrogen-bond donors (Lipinski definition) is 1. The number of rotatable bonds is 11. The fourth-order valence-electron chi connectivity index (χ4n) is 6.60. The van der Waals surface area contributed by atoms with E-state index in [0.29, 0.717) is 4.90 Å². The van der Waals surface area contributed by atoms with Gasteiger partial charge in [0, 0.05) is 48.5 Å². The Morgan fingerprint density at radius 1 is 0.630 bits per heavy atom. The van der Waals surface area contributed by atoms with Crippen LogP contribution in [0.2, 0.25) is 0 Å². The van der Waals surface area contributed by atoms with Crippen molar-refractivity contribution in [2.75, 3.05) is 13.2 Å². The number of hydrogen-bond acceptors (Lipinski definition) is 19. The first kappa shape index (κ1) is 41.3. The van der Waals surface area contributed by atoms with Gasteiger partial charge < -0.3 is 47.7 Å². The van der Waals surface area contributed by atoms with Gasteiger partial charge in [0.1, 0.15) is 37.6 Å². The molecule has 20 nitrogen and oxygen atoms in total. The van der Waals surface area contributed by atoms with Crippen LogP contribution in [0.4, 0.5) is 0 Å². The molecule has 2 fully saturated rings. The van der Waals surface area contributed by atoms with Gasteiger partial charge in [-0.1, -0.05) is 12.1 Å². The maximum Gasteiger partial charge on any atom is 0.305 e. The van der Waals surface area contributed by atoms with E-state index < -0.39 is 127 Å². The monoisotopic (exact) mass is 765 g/mol. The Kier molecular flexibility index (Phi) is 12.8. The average molecular weight is 766 g/mol. The van der Waals surface area contributed by atoms with Crippen LogP contribution < -0.4 is 0 Å². The van der Waals surface area contributed by atoms with Crippen molar-refractivity contribution in [2.45, 2.75) is 109 Å². The minimum absolute atomic E-state index is 0.122. The Labute approximate surface area is 307 Å². The lowest BCUT2D eigenvalue weighted by atomic mass is 9.73. The molecule has 0 unspecified atom stereocenters. The number of carbonyl (C=O) groups excluding carboxylic acids is 9. The van der Waals surface area contributed by atoms with Crippen molar-refractivity contribution >= 4 is 53.6 Å². The molecule has 294 valence electrons. The fourth-order valence-corrected chi connectivity index (χ4v) is 6.60. The maximum atomic E-state index is 13.9. The molecular weight excluding hydrogens is 726 g/mol. The third-order valence-corrected chi connectivity index (χ3v) is 8.44. The van der Waals surface area contributed by atoms with Crippen LogP contribution in [0.5, 0.6) is 0 Å². The van der Waals surface area contributed by atoms with Gasteiger partial charge in [-0.2, -0.15) is 0 Å². The van der Waals surface area contributed by atoms with Crippen molar-refractivity contribution in [1.29, 1.82) is 0 Å². The smallest absolute Gasteiger partial charge is 0.305 e. The molecule has 0 aromatic heterocycles. The van der Waals surface area contributed by atoms with E-state index in [1.807, 2.05) is 0 Å². The van der Waals surface area contributed by atoms with Crippen LogP contribution in [0.1, 0.15) is 69.2 Å². The predicted molar refractivity (Wildman–Crippen MR) is 170 cm³/mol. The summed E-state index contributed by atoms with van der Waals surface area (Å²) in [5, 5.41) is 13.2. The van der Waals surface area contributed by atoms with Crippen LogP contribution in [-0.2, 0) is 76.2 Å². The van der Waals surface area contributed by atoms with Gasteiger partial charge in [-0.25, -0.2) is 0 Å². The molecule has 3 aliphatic heterocycles. The Balaban J connectivity index is 2.05. The first-order valence-electron chi connectivity index (χ1n) is 16.4. The Bertz CT molecular complexity index is 1670. The zero-order valence-corrected chi connectivity index (χ0v) is 30.2. The van der Waals surface area contributed by atoms with Gasteiger partial charge in [-0.3, -0.25) is 48.1 Å². The van der Waals surface area contributed by atoms with Gasteiger partial charge in [-0.05, 0) is 12.1 Å². The molecule has 10 atom stereocenters. The van der Waals surface area contributed by atoms with E-state index in [1.165, 1.54) is 24.3 Å². The summed E-state index contributed by atoms with van der Waals surface area (Å²) in [6.07, 6.45) is -15.8. The lowest BCUT2D eigenvalue weighted by Crippen LogP contribution is -2.80. The maximum absolute atomic E-state index is 13.9. The van der Waals surface area contributed by atoms with Gasteiger partial charge in [0.15, 0.2) is 30.0 Å². The summed E-state index contributed by atoms with van der Waals surface area (Å²) < 4.78 is 50.1. The molecule has 1 N–H and O–H groups in total. The third kappa shape index (κ3) is 8.66. The predicted octanol–water partition coefficient (Wildman–Crippen LogP) is -0.709. The zero-order chi connectivity index (χ0) is 40.2. The molecule has 3 aliphatic rings. The fraction of sp³-hybridized carbons (Fsp3) is 0.559. The number of aliphatic hydroxyl groups is 1. The first-order valence-corrected chi connectivity index (χ1v) is 16.4. The minimum Gasteiger partial charge on any atom is -0.463 e. The Morgan fingerprint density at radius 3 is 1.57 bits per heavy atom. The van der Waals surface area contributed by atoms with Gasteiger partial charge in [0.05, 0.1) is 11.1 Å². The number of nitrogens with zero attached hydrogens (tertiary/aromatic N) is 1. The molecule has 0 saturated carbocycles. The number of esters is 7. The summed E-state index contributed by atoms with van der Waals surface area (Å²) >= 11 is 0. The van der Waals surface area contributed by atoms with E-state index in [-0.39, 0.29) is 11.1 Å². The van der Waals surface area contributed by atoms with Crippen LogP contribution in [-0.4, -0.2) is 137 Å². The zero-order valence-electron chi connectivity index (χ0n) is 30.2. The summed E-state index contributed by atoms with van der Waals surface area (Å²) in [6, 6.07) is 3.49. The van der Waals surface area contributed by atoms with Crippen molar-refractivity contribution in [1.82, 2.24) is 4.90 Å². The molecule has 2 amide bonds. The van der Waals surface area contributed by atoms with Crippen LogP contribution in [0.3, 0.4) is 0 Å². The highest BCUT2D eigenvalue weighted by Crippen LogP contribution is 2.45. The topological polar surface area (TPSA) is 260 Å². The number of carbonyl (C=O) groups is 9. The Morgan fingerprint density at radius 2 is 1.09 bits per heavy atom. The highest BCUT2D eigenvalue weighted by Gasteiger charge is 2.71. The lowest BCUT2D eigenvalue weighted by molar-refractivity contribution is -0.357. The van der Waals surface area contributed by atoms with Crippen molar-refractivity contribution in [3.05, 3.63) is 35.4 Å². The molecule has 0 aliphatic carbocycles. The van der Waals surface area contributed by atoms with E-state index in [9.17, 15) is 48.3 Å². The van der Waals surface area contributed by atoms with Crippen molar-refractivity contribution in [3.63, 3.8) is 0 Å². The molecule has 20 heteroatoms. The first-order chi connectivity index (χ1) is 25.3. The van der Waals surface area contributed by atoms with Crippen molar-refractivity contribution in [2.24, 2.45) is 0 Å².